The average molecular weight is 359 g/mol. The molecule has 0 radical (unpaired) electrons. The van der Waals surface area contributed by atoms with Crippen LogP contribution < -0.4 is 15.4 Å². The second kappa shape index (κ2) is 9.81. The molecule has 1 atom stereocenters. The van der Waals surface area contributed by atoms with E-state index in [1.165, 1.54) is 44.2 Å². The van der Waals surface area contributed by atoms with E-state index in [2.05, 4.69) is 38.7 Å². The molecule has 1 heterocycles. The lowest BCUT2D eigenvalue weighted by atomic mass is 10.1. The molecule has 2 aliphatic rings. The Kier molecular flexibility index (Phi) is 7.18. The summed E-state index contributed by atoms with van der Waals surface area (Å²) in [6.07, 6.45) is 8.95. The number of aliphatic imine (C=N–C) groups is 1. The molecule has 2 N–H and O–H groups in total. The molecule has 2 fully saturated rings. The molecule has 1 aliphatic carbocycles. The van der Waals surface area contributed by atoms with E-state index in [9.17, 15) is 0 Å². The molecule has 1 saturated heterocycles. The summed E-state index contributed by atoms with van der Waals surface area (Å²) in [5.41, 5.74) is 1.32. The molecule has 1 unspecified atom stereocenters. The number of rotatable bonds is 7. The predicted molar refractivity (Wildman–Crippen MR) is 108 cm³/mol. The smallest absolute Gasteiger partial charge is 0.191 e. The Labute approximate surface area is 158 Å². The summed E-state index contributed by atoms with van der Waals surface area (Å²) in [5.74, 6) is 1.87. The molecule has 0 spiro atoms. The van der Waals surface area contributed by atoms with Gasteiger partial charge in [-0.25, -0.2) is 0 Å². The molecule has 5 nitrogen and oxygen atoms in total. The van der Waals surface area contributed by atoms with Crippen LogP contribution >= 0.6 is 0 Å². The third kappa shape index (κ3) is 5.37. The van der Waals surface area contributed by atoms with Crippen LogP contribution in [0.15, 0.2) is 29.3 Å². The van der Waals surface area contributed by atoms with Crippen molar-refractivity contribution >= 4 is 5.96 Å². The maximum Gasteiger partial charge on any atom is 0.191 e. The molecule has 26 heavy (non-hydrogen) atoms. The van der Waals surface area contributed by atoms with Crippen LogP contribution in [0, 0.1) is 0 Å². The third-order valence-electron chi connectivity index (χ3n) is 5.69. The summed E-state index contributed by atoms with van der Waals surface area (Å²) in [6, 6.07) is 9.68. The van der Waals surface area contributed by atoms with Gasteiger partial charge in [0.1, 0.15) is 5.75 Å². The van der Waals surface area contributed by atoms with Crippen molar-refractivity contribution in [3.63, 3.8) is 0 Å². The van der Waals surface area contributed by atoms with E-state index >= 15 is 0 Å². The van der Waals surface area contributed by atoms with Gasteiger partial charge in [0.25, 0.3) is 0 Å². The minimum Gasteiger partial charge on any atom is -0.497 e. The molecule has 0 amide bonds. The number of hydrogen-bond acceptors (Lipinski definition) is 3. The Hall–Kier alpha value is -1.75. The Morgan fingerprint density at radius 2 is 2.12 bits per heavy atom. The summed E-state index contributed by atoms with van der Waals surface area (Å²) in [5, 5.41) is 7.08. The minimum atomic E-state index is 0.528. The molecule has 1 aliphatic heterocycles. The zero-order valence-electron chi connectivity index (χ0n) is 16.3. The SMILES string of the molecule is CN=C(NCCCc1cccc(OC)c1)NC1CCN(C2CCCC2)C1. The van der Waals surface area contributed by atoms with Gasteiger partial charge in [-0.2, -0.15) is 0 Å². The largest absolute Gasteiger partial charge is 0.497 e. The lowest BCUT2D eigenvalue weighted by Gasteiger charge is -2.24. The van der Waals surface area contributed by atoms with Crippen LogP contribution in [0.4, 0.5) is 0 Å². The minimum absolute atomic E-state index is 0.528. The molecule has 0 bridgehead atoms. The summed E-state index contributed by atoms with van der Waals surface area (Å²) in [7, 11) is 3.58. The molecule has 1 saturated carbocycles. The van der Waals surface area contributed by atoms with E-state index in [1.54, 1.807) is 7.11 Å². The number of nitrogens with zero attached hydrogens (tertiary/aromatic N) is 2. The van der Waals surface area contributed by atoms with Crippen LogP contribution in [-0.2, 0) is 6.42 Å². The van der Waals surface area contributed by atoms with E-state index in [1.807, 2.05) is 13.1 Å². The van der Waals surface area contributed by atoms with Gasteiger partial charge >= 0.3 is 0 Å². The maximum absolute atomic E-state index is 5.29. The Morgan fingerprint density at radius 3 is 2.88 bits per heavy atom. The van der Waals surface area contributed by atoms with Crippen molar-refractivity contribution in [2.24, 2.45) is 4.99 Å². The van der Waals surface area contributed by atoms with Crippen LogP contribution in [0.3, 0.4) is 0 Å². The number of guanidine groups is 1. The molecule has 3 rings (SSSR count). The Morgan fingerprint density at radius 1 is 1.27 bits per heavy atom. The molecular formula is C21H34N4O. The fourth-order valence-electron chi connectivity index (χ4n) is 4.22. The number of likely N-dealkylation sites (tertiary alicyclic amines) is 1. The van der Waals surface area contributed by atoms with E-state index in [0.29, 0.717) is 6.04 Å². The van der Waals surface area contributed by atoms with Gasteiger partial charge in [0, 0.05) is 38.8 Å². The van der Waals surface area contributed by atoms with Gasteiger partial charge in [0.15, 0.2) is 5.96 Å². The van der Waals surface area contributed by atoms with Gasteiger partial charge in [-0.1, -0.05) is 25.0 Å². The lowest BCUT2D eigenvalue weighted by Crippen LogP contribution is -2.45. The predicted octanol–water partition coefficient (Wildman–Crippen LogP) is 2.81. The first-order valence-corrected chi connectivity index (χ1v) is 10.1. The van der Waals surface area contributed by atoms with Gasteiger partial charge in [0.2, 0.25) is 0 Å². The average Bonchev–Trinajstić information content (AvgIpc) is 3.36. The quantitative estimate of drug-likeness (QED) is 0.447. The van der Waals surface area contributed by atoms with Crippen molar-refractivity contribution in [2.75, 3.05) is 33.8 Å². The highest BCUT2D eigenvalue weighted by molar-refractivity contribution is 5.80. The maximum atomic E-state index is 5.29. The summed E-state index contributed by atoms with van der Waals surface area (Å²) < 4.78 is 5.29. The standard InChI is InChI=1S/C21H34N4O/c1-22-21(23-13-6-8-17-7-5-11-20(15-17)26-2)24-18-12-14-25(16-18)19-9-3-4-10-19/h5,7,11,15,18-19H,3-4,6,8-10,12-14,16H2,1-2H3,(H2,22,23,24). The van der Waals surface area contributed by atoms with E-state index in [-0.39, 0.29) is 0 Å². The number of ether oxygens (including phenoxy) is 1. The van der Waals surface area contributed by atoms with Crippen LogP contribution in [0.5, 0.6) is 5.75 Å². The molecule has 144 valence electrons. The van der Waals surface area contributed by atoms with Crippen molar-refractivity contribution in [2.45, 2.75) is 57.0 Å². The first-order valence-electron chi connectivity index (χ1n) is 10.1. The van der Waals surface area contributed by atoms with E-state index in [0.717, 1.165) is 43.7 Å². The monoisotopic (exact) mass is 358 g/mol. The van der Waals surface area contributed by atoms with Crippen LogP contribution in [0.2, 0.25) is 0 Å². The number of hydrogen-bond donors (Lipinski definition) is 2. The van der Waals surface area contributed by atoms with Crippen molar-refractivity contribution in [1.29, 1.82) is 0 Å². The Bertz CT molecular complexity index is 583. The zero-order chi connectivity index (χ0) is 18.2. The number of benzene rings is 1. The highest BCUT2D eigenvalue weighted by Gasteiger charge is 2.30. The molecule has 1 aromatic carbocycles. The highest BCUT2D eigenvalue weighted by Crippen LogP contribution is 2.26. The van der Waals surface area contributed by atoms with Crippen LogP contribution in [0.25, 0.3) is 0 Å². The molecule has 1 aromatic rings. The molecule has 0 aromatic heterocycles. The number of methoxy groups -OCH3 is 1. The van der Waals surface area contributed by atoms with Crippen molar-refractivity contribution < 1.29 is 4.74 Å². The summed E-state index contributed by atoms with van der Waals surface area (Å²) in [6.45, 7) is 3.32. The van der Waals surface area contributed by atoms with Crippen molar-refractivity contribution in [1.82, 2.24) is 15.5 Å². The van der Waals surface area contributed by atoms with Gasteiger partial charge in [-0.15, -0.1) is 0 Å². The second-order valence-electron chi connectivity index (χ2n) is 7.52. The third-order valence-corrected chi connectivity index (χ3v) is 5.69. The highest BCUT2D eigenvalue weighted by atomic mass is 16.5. The first-order chi connectivity index (χ1) is 12.8. The topological polar surface area (TPSA) is 48.9 Å². The van der Waals surface area contributed by atoms with Gasteiger partial charge < -0.3 is 15.4 Å². The first kappa shape index (κ1) is 19.0. The zero-order valence-corrected chi connectivity index (χ0v) is 16.3. The van der Waals surface area contributed by atoms with Gasteiger partial charge in [0.05, 0.1) is 7.11 Å². The van der Waals surface area contributed by atoms with Gasteiger partial charge in [-0.3, -0.25) is 9.89 Å². The van der Waals surface area contributed by atoms with Crippen LogP contribution in [-0.4, -0.2) is 56.7 Å². The molecule has 5 heteroatoms. The summed E-state index contributed by atoms with van der Waals surface area (Å²) >= 11 is 0. The lowest BCUT2D eigenvalue weighted by molar-refractivity contribution is 0.242. The van der Waals surface area contributed by atoms with Gasteiger partial charge in [-0.05, 0) is 49.8 Å². The summed E-state index contributed by atoms with van der Waals surface area (Å²) in [4.78, 5) is 7.08. The van der Waals surface area contributed by atoms with E-state index < -0.39 is 0 Å². The Balaban J connectivity index is 1.35. The fraction of sp³-hybridized carbons (Fsp3) is 0.667. The molecular weight excluding hydrogens is 324 g/mol. The fourth-order valence-corrected chi connectivity index (χ4v) is 4.22. The number of nitrogens with one attached hydrogen (secondary N) is 2. The van der Waals surface area contributed by atoms with E-state index in [4.69, 9.17) is 4.74 Å². The number of aryl methyl sites for hydroxylation is 1. The second-order valence-corrected chi connectivity index (χ2v) is 7.52. The van der Waals surface area contributed by atoms with Crippen LogP contribution in [0.1, 0.15) is 44.1 Å². The normalized spacial score (nSPS) is 21.9. The van der Waals surface area contributed by atoms with Crippen molar-refractivity contribution in [3.8, 4) is 5.75 Å². The van der Waals surface area contributed by atoms with Crippen molar-refractivity contribution in [3.05, 3.63) is 29.8 Å².